The molecule has 0 fully saturated rings. The van der Waals surface area contributed by atoms with Crippen molar-refractivity contribution in [3.05, 3.63) is 46.2 Å². The molecule has 2 aromatic rings. The maximum atomic E-state index is 4.17. The van der Waals surface area contributed by atoms with Gasteiger partial charge in [0.25, 0.3) is 0 Å². The van der Waals surface area contributed by atoms with Gasteiger partial charge in [-0.05, 0) is 36.1 Å². The first-order valence-corrected chi connectivity index (χ1v) is 6.86. The SMILES string of the molecule is C=c1/c(=C(C)\C=C/C)sc2ccccc12.CC. The summed E-state index contributed by atoms with van der Waals surface area (Å²) in [5.41, 5.74) is 1.30. The highest BCUT2D eigenvalue weighted by atomic mass is 32.1. The Labute approximate surface area is 108 Å². The summed E-state index contributed by atoms with van der Waals surface area (Å²) in [7, 11) is 0. The van der Waals surface area contributed by atoms with Crippen LogP contribution in [-0.2, 0) is 0 Å². The zero-order valence-electron chi connectivity index (χ0n) is 11.1. The van der Waals surface area contributed by atoms with E-state index in [0.717, 1.165) is 5.22 Å². The van der Waals surface area contributed by atoms with Crippen LogP contribution in [0.15, 0.2) is 36.4 Å². The standard InChI is InChI=1S/C14H14S.C2H6/c1-4-7-10(2)14-11(3)12-8-5-6-9-13(12)15-14;1-2/h4-9H,3H2,1-2H3;1-2H3/b7-4-,14-10+;. The molecule has 0 spiro atoms. The molecule has 0 aliphatic rings. The minimum Gasteiger partial charge on any atom is -0.135 e. The first-order valence-electron chi connectivity index (χ1n) is 6.04. The van der Waals surface area contributed by atoms with Crippen LogP contribution in [0.3, 0.4) is 0 Å². The van der Waals surface area contributed by atoms with Crippen LogP contribution in [0.2, 0.25) is 0 Å². The molecule has 0 radical (unpaired) electrons. The molecule has 0 amide bonds. The molecule has 0 aliphatic heterocycles. The average molecular weight is 244 g/mol. The number of hydrogen-bond acceptors (Lipinski definition) is 1. The van der Waals surface area contributed by atoms with Crippen LogP contribution in [0, 0.1) is 0 Å². The second kappa shape index (κ2) is 6.41. The molecule has 0 bridgehead atoms. The first-order chi connectivity index (χ1) is 8.24. The van der Waals surface area contributed by atoms with Crippen LogP contribution in [0.4, 0.5) is 0 Å². The fourth-order valence-corrected chi connectivity index (χ4v) is 2.87. The first kappa shape index (κ1) is 13.7. The molecule has 1 heterocycles. The van der Waals surface area contributed by atoms with Crippen LogP contribution in [0.5, 0.6) is 0 Å². The number of fused-ring (bicyclic) bond motifs is 1. The lowest BCUT2D eigenvalue weighted by Gasteiger charge is -1.86. The van der Waals surface area contributed by atoms with Crippen molar-refractivity contribution < 1.29 is 0 Å². The van der Waals surface area contributed by atoms with Gasteiger partial charge in [0.15, 0.2) is 0 Å². The molecule has 90 valence electrons. The Morgan fingerprint density at radius 3 is 2.47 bits per heavy atom. The van der Waals surface area contributed by atoms with Gasteiger partial charge < -0.3 is 0 Å². The second-order valence-electron chi connectivity index (χ2n) is 3.59. The summed E-state index contributed by atoms with van der Waals surface area (Å²) in [6, 6.07) is 8.44. The van der Waals surface area contributed by atoms with Gasteiger partial charge >= 0.3 is 0 Å². The van der Waals surface area contributed by atoms with Gasteiger partial charge in [-0.2, -0.15) is 0 Å². The number of thiophene rings is 1. The summed E-state index contributed by atoms with van der Waals surface area (Å²) in [4.78, 5) is 0. The lowest BCUT2D eigenvalue weighted by Crippen LogP contribution is -2.18. The van der Waals surface area contributed by atoms with E-state index < -0.39 is 0 Å². The monoisotopic (exact) mass is 244 g/mol. The summed E-state index contributed by atoms with van der Waals surface area (Å²) in [6.45, 7) is 12.3. The molecule has 0 atom stereocenters. The quantitative estimate of drug-likeness (QED) is 0.709. The van der Waals surface area contributed by atoms with Crippen molar-refractivity contribution in [3.8, 4) is 0 Å². The fourth-order valence-electron chi connectivity index (χ4n) is 1.74. The van der Waals surface area contributed by atoms with Crippen LogP contribution >= 0.6 is 11.3 Å². The maximum Gasteiger partial charge on any atom is 0.0378 e. The van der Waals surface area contributed by atoms with E-state index in [1.165, 1.54) is 20.2 Å². The van der Waals surface area contributed by atoms with E-state index in [9.17, 15) is 0 Å². The third kappa shape index (κ3) is 2.86. The molecule has 1 aromatic heterocycles. The Kier molecular flexibility index (Phi) is 5.17. The molecule has 2 rings (SSSR count). The lowest BCUT2D eigenvalue weighted by molar-refractivity contribution is 1.50. The zero-order valence-corrected chi connectivity index (χ0v) is 11.9. The summed E-state index contributed by atoms with van der Waals surface area (Å²) < 4.78 is 2.62. The summed E-state index contributed by atoms with van der Waals surface area (Å²) in [5.74, 6) is 0. The molecule has 0 N–H and O–H groups in total. The van der Waals surface area contributed by atoms with Crippen molar-refractivity contribution >= 4 is 33.6 Å². The van der Waals surface area contributed by atoms with E-state index in [1.807, 2.05) is 32.1 Å². The number of benzene rings is 1. The smallest absolute Gasteiger partial charge is 0.0378 e. The number of rotatable bonds is 1. The van der Waals surface area contributed by atoms with Crippen LogP contribution in [0.1, 0.15) is 27.7 Å². The van der Waals surface area contributed by atoms with E-state index in [1.54, 1.807) is 0 Å². The molecular weight excluding hydrogens is 224 g/mol. The third-order valence-electron chi connectivity index (χ3n) is 2.47. The van der Waals surface area contributed by atoms with E-state index in [-0.39, 0.29) is 0 Å². The molecule has 0 nitrogen and oxygen atoms in total. The number of allylic oxidation sites excluding steroid dienone is 2. The van der Waals surface area contributed by atoms with Gasteiger partial charge in [0.2, 0.25) is 0 Å². The van der Waals surface area contributed by atoms with Crippen molar-refractivity contribution in [2.45, 2.75) is 27.7 Å². The largest absolute Gasteiger partial charge is 0.135 e. The molecule has 0 unspecified atom stereocenters. The second-order valence-corrected chi connectivity index (χ2v) is 4.64. The highest BCUT2D eigenvalue weighted by molar-refractivity contribution is 7.17. The Morgan fingerprint density at radius 2 is 1.88 bits per heavy atom. The molecule has 1 aromatic carbocycles. The maximum absolute atomic E-state index is 4.17. The van der Waals surface area contributed by atoms with Gasteiger partial charge in [-0.15, -0.1) is 11.3 Å². The van der Waals surface area contributed by atoms with Gasteiger partial charge in [-0.1, -0.05) is 50.8 Å². The Morgan fingerprint density at radius 1 is 1.24 bits per heavy atom. The predicted molar refractivity (Wildman–Crippen MR) is 81.8 cm³/mol. The van der Waals surface area contributed by atoms with Gasteiger partial charge in [0.1, 0.15) is 0 Å². The van der Waals surface area contributed by atoms with E-state index in [4.69, 9.17) is 0 Å². The minimum atomic E-state index is 1.16. The molecule has 17 heavy (non-hydrogen) atoms. The topological polar surface area (TPSA) is 0 Å². The van der Waals surface area contributed by atoms with Gasteiger partial charge in [0.05, 0.1) is 0 Å². The average Bonchev–Trinajstić information content (AvgIpc) is 2.70. The van der Waals surface area contributed by atoms with E-state index in [0.29, 0.717) is 0 Å². The normalized spacial score (nSPS) is 12.5. The van der Waals surface area contributed by atoms with Crippen LogP contribution < -0.4 is 9.75 Å². The minimum absolute atomic E-state index is 1.16. The van der Waals surface area contributed by atoms with E-state index >= 15 is 0 Å². The van der Waals surface area contributed by atoms with Crippen molar-refractivity contribution in [2.75, 3.05) is 0 Å². The van der Waals surface area contributed by atoms with Gasteiger partial charge in [0, 0.05) is 9.23 Å². The summed E-state index contributed by atoms with van der Waals surface area (Å²) in [5, 5.41) is 2.44. The van der Waals surface area contributed by atoms with Crippen LogP contribution in [0.25, 0.3) is 22.2 Å². The molecule has 1 heteroatoms. The summed E-state index contributed by atoms with van der Waals surface area (Å²) in [6.07, 6.45) is 4.21. The molecular formula is C16H20S. The highest BCUT2D eigenvalue weighted by Gasteiger charge is 1.99. The molecule has 0 saturated heterocycles. The lowest BCUT2D eigenvalue weighted by atomic mass is 10.2. The predicted octanol–water partition coefficient (Wildman–Crippen LogP) is 4.08. The zero-order chi connectivity index (χ0) is 12.8. The third-order valence-corrected chi connectivity index (χ3v) is 3.82. The fraction of sp³-hybridized carbons (Fsp3) is 0.250. The van der Waals surface area contributed by atoms with Crippen LogP contribution in [-0.4, -0.2) is 0 Å². The van der Waals surface area contributed by atoms with Crippen molar-refractivity contribution in [3.63, 3.8) is 0 Å². The summed E-state index contributed by atoms with van der Waals surface area (Å²) >= 11 is 1.82. The Hall–Kier alpha value is -1.34. The van der Waals surface area contributed by atoms with Crippen molar-refractivity contribution in [1.82, 2.24) is 0 Å². The Balaban J connectivity index is 0.000000686. The van der Waals surface area contributed by atoms with Crippen molar-refractivity contribution in [1.29, 1.82) is 0 Å². The highest BCUT2D eigenvalue weighted by Crippen LogP contribution is 2.12. The van der Waals surface area contributed by atoms with E-state index in [2.05, 4.69) is 49.9 Å². The van der Waals surface area contributed by atoms with Crippen molar-refractivity contribution in [2.24, 2.45) is 0 Å². The van der Waals surface area contributed by atoms with Gasteiger partial charge in [-0.3, -0.25) is 0 Å². The molecule has 0 aliphatic carbocycles. The molecule has 0 saturated carbocycles. The number of hydrogen-bond donors (Lipinski definition) is 0. The Bertz CT molecular complexity index is 615. The van der Waals surface area contributed by atoms with Gasteiger partial charge in [-0.25, -0.2) is 0 Å².